The minimum Gasteiger partial charge on any atom is -0.461 e. The molecule has 0 aliphatic carbocycles. The molecule has 0 saturated carbocycles. The molecule has 0 radical (unpaired) electrons. The quantitative estimate of drug-likeness (QED) is 0.869. The molecule has 0 bridgehead atoms. The normalized spacial score (nSPS) is 10.5. The van der Waals surface area contributed by atoms with Gasteiger partial charge in [-0.15, -0.1) is 0 Å². The lowest BCUT2D eigenvalue weighted by Crippen LogP contribution is -2.09. The van der Waals surface area contributed by atoms with E-state index in [1.165, 1.54) is 6.33 Å². The highest BCUT2D eigenvalue weighted by Gasteiger charge is 2.17. The molecule has 0 spiro atoms. The van der Waals surface area contributed by atoms with Crippen molar-refractivity contribution in [2.45, 2.75) is 6.92 Å². The minimum absolute atomic E-state index is 0.105. The van der Waals surface area contributed by atoms with Gasteiger partial charge in [0.2, 0.25) is 0 Å². The molecule has 100 valence electrons. The topological polar surface area (TPSA) is 70.1 Å². The van der Waals surface area contributed by atoms with Crippen LogP contribution in [0, 0.1) is 0 Å². The van der Waals surface area contributed by atoms with Gasteiger partial charge < -0.3 is 10.5 Å². The summed E-state index contributed by atoms with van der Waals surface area (Å²) in [7, 11) is 0. The van der Waals surface area contributed by atoms with E-state index in [0.717, 1.165) is 10.2 Å². The number of rotatable bonds is 3. The minimum atomic E-state index is -0.535. The van der Waals surface area contributed by atoms with Crippen molar-refractivity contribution < 1.29 is 9.53 Å². The van der Waals surface area contributed by atoms with Crippen molar-refractivity contribution in [2.75, 3.05) is 12.3 Å². The number of hydrogen-bond donors (Lipinski definition) is 1. The van der Waals surface area contributed by atoms with Crippen molar-refractivity contribution in [1.29, 1.82) is 0 Å². The van der Waals surface area contributed by atoms with Crippen LogP contribution in [0.2, 0.25) is 5.02 Å². The fourth-order valence-corrected chi connectivity index (χ4v) is 2.04. The second-order valence-electron chi connectivity index (χ2n) is 3.67. The van der Waals surface area contributed by atoms with Crippen LogP contribution in [0.3, 0.4) is 0 Å². The number of esters is 1. The third-order valence-corrected chi connectivity index (χ3v) is 3.67. The first-order valence-corrected chi connectivity index (χ1v) is 6.67. The number of imidazole rings is 1. The molecule has 1 aromatic carbocycles. The zero-order chi connectivity index (χ0) is 14.0. The van der Waals surface area contributed by atoms with Crippen LogP contribution >= 0.6 is 27.5 Å². The van der Waals surface area contributed by atoms with Crippen LogP contribution in [0.5, 0.6) is 0 Å². The van der Waals surface area contributed by atoms with Crippen LogP contribution in [0.25, 0.3) is 5.69 Å². The average molecular weight is 345 g/mol. The van der Waals surface area contributed by atoms with Gasteiger partial charge in [-0.25, -0.2) is 9.78 Å². The van der Waals surface area contributed by atoms with E-state index in [-0.39, 0.29) is 18.1 Å². The number of anilines is 1. The summed E-state index contributed by atoms with van der Waals surface area (Å²) in [6.07, 6.45) is 1.47. The SMILES string of the molecule is CCOC(=O)c1ncn(-c2ccc(Cl)c(Br)c2)c1N. The van der Waals surface area contributed by atoms with Gasteiger partial charge in [-0.2, -0.15) is 0 Å². The van der Waals surface area contributed by atoms with E-state index in [9.17, 15) is 4.79 Å². The van der Waals surface area contributed by atoms with E-state index < -0.39 is 5.97 Å². The van der Waals surface area contributed by atoms with E-state index in [1.807, 2.05) is 0 Å². The Morgan fingerprint density at radius 3 is 2.95 bits per heavy atom. The average Bonchev–Trinajstić information content (AvgIpc) is 2.75. The molecule has 2 rings (SSSR count). The maximum absolute atomic E-state index is 11.6. The van der Waals surface area contributed by atoms with Crippen molar-refractivity contribution in [3.8, 4) is 5.69 Å². The molecule has 7 heteroatoms. The first-order chi connectivity index (χ1) is 9.04. The molecule has 0 saturated heterocycles. The van der Waals surface area contributed by atoms with Crippen LogP contribution < -0.4 is 5.73 Å². The molecule has 2 N–H and O–H groups in total. The van der Waals surface area contributed by atoms with Crippen LogP contribution in [-0.2, 0) is 4.74 Å². The van der Waals surface area contributed by atoms with Crippen molar-refractivity contribution in [3.63, 3.8) is 0 Å². The van der Waals surface area contributed by atoms with Crippen molar-refractivity contribution in [1.82, 2.24) is 9.55 Å². The summed E-state index contributed by atoms with van der Waals surface area (Å²) in [5.74, 6) is -0.306. The lowest BCUT2D eigenvalue weighted by molar-refractivity contribution is 0.0521. The molecule has 1 aromatic heterocycles. The number of benzene rings is 1. The molecule has 19 heavy (non-hydrogen) atoms. The van der Waals surface area contributed by atoms with E-state index in [2.05, 4.69) is 20.9 Å². The second kappa shape index (κ2) is 5.63. The Bertz CT molecular complexity index is 627. The number of nitrogen functional groups attached to an aromatic ring is 1. The van der Waals surface area contributed by atoms with Crippen LogP contribution in [0.4, 0.5) is 5.82 Å². The van der Waals surface area contributed by atoms with Gasteiger partial charge in [0.05, 0.1) is 11.6 Å². The van der Waals surface area contributed by atoms with Gasteiger partial charge in [-0.1, -0.05) is 11.6 Å². The predicted octanol–water partition coefficient (Wildman–Crippen LogP) is 3.05. The Kier molecular flexibility index (Phi) is 4.11. The van der Waals surface area contributed by atoms with E-state index >= 15 is 0 Å². The number of nitrogens with two attached hydrogens (primary N) is 1. The van der Waals surface area contributed by atoms with Crippen molar-refractivity contribution >= 4 is 39.3 Å². The van der Waals surface area contributed by atoms with Crippen LogP contribution in [0.1, 0.15) is 17.4 Å². The standard InChI is InChI=1S/C12H11BrClN3O2/c1-2-19-12(18)10-11(15)17(6-16-10)7-3-4-9(14)8(13)5-7/h3-6H,2,15H2,1H3. The Morgan fingerprint density at radius 1 is 1.58 bits per heavy atom. The monoisotopic (exact) mass is 343 g/mol. The highest BCUT2D eigenvalue weighted by Crippen LogP contribution is 2.26. The molecule has 1 heterocycles. The molecule has 0 amide bonds. The number of hydrogen-bond acceptors (Lipinski definition) is 4. The Hall–Kier alpha value is -1.53. The Labute approximate surface area is 123 Å². The summed E-state index contributed by atoms with van der Waals surface area (Å²) in [5.41, 5.74) is 6.76. The highest BCUT2D eigenvalue weighted by molar-refractivity contribution is 9.10. The third kappa shape index (κ3) is 2.74. The number of carbonyl (C=O) groups is 1. The van der Waals surface area contributed by atoms with Crippen LogP contribution in [0.15, 0.2) is 29.0 Å². The largest absolute Gasteiger partial charge is 0.461 e. The maximum atomic E-state index is 11.6. The van der Waals surface area contributed by atoms with Gasteiger partial charge in [0, 0.05) is 10.2 Å². The number of carbonyl (C=O) groups excluding carboxylic acids is 1. The lowest BCUT2D eigenvalue weighted by Gasteiger charge is -2.07. The zero-order valence-corrected chi connectivity index (χ0v) is 12.4. The molecule has 0 aliphatic rings. The molecule has 5 nitrogen and oxygen atoms in total. The van der Waals surface area contributed by atoms with Gasteiger partial charge in [-0.05, 0) is 41.1 Å². The predicted molar refractivity (Wildman–Crippen MR) is 76.6 cm³/mol. The maximum Gasteiger partial charge on any atom is 0.360 e. The van der Waals surface area contributed by atoms with Gasteiger partial charge in [0.25, 0.3) is 0 Å². The smallest absolute Gasteiger partial charge is 0.360 e. The highest BCUT2D eigenvalue weighted by atomic mass is 79.9. The lowest BCUT2D eigenvalue weighted by atomic mass is 10.3. The summed E-state index contributed by atoms with van der Waals surface area (Å²) in [4.78, 5) is 15.6. The van der Waals surface area contributed by atoms with E-state index in [0.29, 0.717) is 5.02 Å². The molecular formula is C12H11BrClN3O2. The second-order valence-corrected chi connectivity index (χ2v) is 4.93. The Morgan fingerprint density at radius 2 is 2.32 bits per heavy atom. The summed E-state index contributed by atoms with van der Waals surface area (Å²) >= 11 is 9.26. The molecule has 0 fully saturated rings. The molecule has 0 aliphatic heterocycles. The van der Waals surface area contributed by atoms with E-state index in [4.69, 9.17) is 22.1 Å². The molecule has 0 unspecified atom stereocenters. The van der Waals surface area contributed by atoms with Gasteiger partial charge >= 0.3 is 5.97 Å². The summed E-state index contributed by atoms with van der Waals surface area (Å²) in [6.45, 7) is 2.00. The van der Waals surface area contributed by atoms with Crippen LogP contribution in [-0.4, -0.2) is 22.1 Å². The number of ether oxygens (including phenoxy) is 1. The number of halogens is 2. The van der Waals surface area contributed by atoms with Gasteiger partial charge in [-0.3, -0.25) is 4.57 Å². The first-order valence-electron chi connectivity index (χ1n) is 5.50. The summed E-state index contributed by atoms with van der Waals surface area (Å²) < 4.78 is 7.20. The number of aromatic nitrogens is 2. The number of nitrogens with zero attached hydrogens (tertiary/aromatic N) is 2. The summed E-state index contributed by atoms with van der Waals surface area (Å²) in [6, 6.07) is 5.29. The van der Waals surface area contributed by atoms with E-state index in [1.54, 1.807) is 29.7 Å². The fraction of sp³-hybridized carbons (Fsp3) is 0.167. The van der Waals surface area contributed by atoms with Gasteiger partial charge in [0.1, 0.15) is 12.1 Å². The molecular weight excluding hydrogens is 334 g/mol. The van der Waals surface area contributed by atoms with Gasteiger partial charge in [0.15, 0.2) is 5.69 Å². The Balaban J connectivity index is 2.41. The fourth-order valence-electron chi connectivity index (χ4n) is 1.56. The third-order valence-electron chi connectivity index (χ3n) is 2.45. The van der Waals surface area contributed by atoms with Crippen molar-refractivity contribution in [2.24, 2.45) is 0 Å². The summed E-state index contributed by atoms with van der Waals surface area (Å²) in [5, 5.41) is 0.591. The molecule has 0 atom stereocenters. The zero-order valence-electron chi connectivity index (χ0n) is 10.1. The molecule has 2 aromatic rings. The first kappa shape index (κ1) is 13.9. The van der Waals surface area contributed by atoms with Crippen molar-refractivity contribution in [3.05, 3.63) is 39.7 Å².